The fourth-order valence-corrected chi connectivity index (χ4v) is 2.81. The third-order valence-corrected chi connectivity index (χ3v) is 3.71. The number of nitro benzene ring substituents is 1. The van der Waals surface area contributed by atoms with Gasteiger partial charge in [-0.1, -0.05) is 38.8 Å². The summed E-state index contributed by atoms with van der Waals surface area (Å²) < 4.78 is 2.62. The highest BCUT2D eigenvalue weighted by Crippen LogP contribution is 2.28. The van der Waals surface area contributed by atoms with E-state index in [2.05, 4.69) is 49.0 Å². The zero-order valence-corrected chi connectivity index (χ0v) is 13.9. The largest absolute Gasteiger partial charge is 0.310 e. The summed E-state index contributed by atoms with van der Waals surface area (Å²) in [7, 11) is 0. The second-order valence-electron chi connectivity index (χ2n) is 4.18. The number of aromatic nitrogens is 3. The first-order valence-corrected chi connectivity index (χ1v) is 7.91. The molecule has 0 N–H and O–H groups in total. The van der Waals surface area contributed by atoms with E-state index in [1.165, 1.54) is 12.1 Å². The lowest BCUT2D eigenvalue weighted by Gasteiger charge is -2.08. The van der Waals surface area contributed by atoms with E-state index in [4.69, 9.17) is 0 Å². The van der Waals surface area contributed by atoms with E-state index in [-0.39, 0.29) is 5.69 Å². The maximum atomic E-state index is 10.9. The SMILES string of the molecule is CCCn1c(CBr)nnc1-c1cc(Br)cc([N+](=O)[O-])c1. The van der Waals surface area contributed by atoms with Crippen LogP contribution in [0.3, 0.4) is 0 Å². The average Bonchev–Trinajstić information content (AvgIpc) is 2.81. The number of halogens is 2. The van der Waals surface area contributed by atoms with Gasteiger partial charge in [0.25, 0.3) is 5.69 Å². The van der Waals surface area contributed by atoms with Gasteiger partial charge in [-0.25, -0.2) is 0 Å². The first kappa shape index (κ1) is 15.1. The molecule has 20 heavy (non-hydrogen) atoms. The van der Waals surface area contributed by atoms with E-state index >= 15 is 0 Å². The van der Waals surface area contributed by atoms with Crippen LogP contribution in [0.4, 0.5) is 5.69 Å². The minimum atomic E-state index is -0.416. The highest BCUT2D eigenvalue weighted by Gasteiger charge is 2.16. The fraction of sp³-hybridized carbons (Fsp3) is 0.333. The van der Waals surface area contributed by atoms with Crippen LogP contribution in [0.5, 0.6) is 0 Å². The molecule has 2 rings (SSSR count). The minimum Gasteiger partial charge on any atom is -0.310 e. The number of nitro groups is 1. The third kappa shape index (κ3) is 3.06. The Morgan fingerprint density at radius 3 is 2.70 bits per heavy atom. The molecule has 0 fully saturated rings. The maximum absolute atomic E-state index is 10.9. The minimum absolute atomic E-state index is 0.0285. The Balaban J connectivity index is 2.56. The van der Waals surface area contributed by atoms with Crippen LogP contribution in [0.2, 0.25) is 0 Å². The molecular weight excluding hydrogens is 392 g/mol. The number of non-ortho nitro benzene ring substituents is 1. The monoisotopic (exact) mass is 402 g/mol. The summed E-state index contributed by atoms with van der Waals surface area (Å²) in [5.74, 6) is 1.45. The van der Waals surface area contributed by atoms with Crippen molar-refractivity contribution in [3.63, 3.8) is 0 Å². The molecular formula is C12H12Br2N4O2. The standard InChI is InChI=1S/C12H12Br2N4O2/c1-2-3-17-11(7-13)15-16-12(17)8-4-9(14)6-10(5-8)18(19)20/h4-6H,2-3,7H2,1H3. The molecule has 0 bridgehead atoms. The van der Waals surface area contributed by atoms with Crippen molar-refractivity contribution in [1.29, 1.82) is 0 Å². The molecule has 2 aromatic rings. The summed E-state index contributed by atoms with van der Waals surface area (Å²) in [4.78, 5) is 10.5. The van der Waals surface area contributed by atoms with Crippen LogP contribution in [-0.2, 0) is 11.9 Å². The van der Waals surface area contributed by atoms with Crippen LogP contribution in [0.15, 0.2) is 22.7 Å². The van der Waals surface area contributed by atoms with Gasteiger partial charge in [0.1, 0.15) is 5.82 Å². The Morgan fingerprint density at radius 2 is 2.10 bits per heavy atom. The lowest BCUT2D eigenvalue weighted by atomic mass is 10.2. The summed E-state index contributed by atoms with van der Waals surface area (Å²) >= 11 is 6.67. The van der Waals surface area contributed by atoms with Crippen LogP contribution in [-0.4, -0.2) is 19.7 Å². The van der Waals surface area contributed by atoms with Crippen LogP contribution in [0, 0.1) is 10.1 Å². The van der Waals surface area contributed by atoms with E-state index in [1.54, 1.807) is 6.07 Å². The van der Waals surface area contributed by atoms with Crippen LogP contribution in [0.25, 0.3) is 11.4 Å². The number of rotatable bonds is 5. The summed E-state index contributed by atoms with van der Waals surface area (Å²) in [6.07, 6.45) is 0.932. The van der Waals surface area contributed by atoms with Gasteiger partial charge < -0.3 is 4.57 Å². The van der Waals surface area contributed by atoms with Gasteiger partial charge in [0.2, 0.25) is 0 Å². The Labute approximate surface area is 132 Å². The Hall–Kier alpha value is -1.28. The van der Waals surface area contributed by atoms with Crippen molar-refractivity contribution in [3.8, 4) is 11.4 Å². The summed E-state index contributed by atoms with van der Waals surface area (Å²) in [6, 6.07) is 4.79. The van der Waals surface area contributed by atoms with E-state index in [1.807, 2.05) is 4.57 Å². The average molecular weight is 404 g/mol. The molecule has 0 spiro atoms. The molecule has 0 unspecified atom stereocenters. The number of benzene rings is 1. The van der Waals surface area contributed by atoms with E-state index in [0.717, 1.165) is 18.8 Å². The van der Waals surface area contributed by atoms with Crippen molar-refractivity contribution in [2.45, 2.75) is 25.2 Å². The van der Waals surface area contributed by atoms with Crippen LogP contribution in [0.1, 0.15) is 19.2 Å². The Bertz CT molecular complexity index is 642. The van der Waals surface area contributed by atoms with Gasteiger partial charge in [-0.3, -0.25) is 10.1 Å². The molecule has 0 aliphatic heterocycles. The summed E-state index contributed by atoms with van der Waals surface area (Å²) in [5, 5.41) is 19.8. The first-order valence-electron chi connectivity index (χ1n) is 6.00. The van der Waals surface area contributed by atoms with Gasteiger partial charge in [-0.15, -0.1) is 10.2 Å². The van der Waals surface area contributed by atoms with Crippen molar-refractivity contribution in [3.05, 3.63) is 38.6 Å². The van der Waals surface area contributed by atoms with Gasteiger partial charge in [0.05, 0.1) is 10.3 Å². The van der Waals surface area contributed by atoms with Crippen molar-refractivity contribution in [2.24, 2.45) is 0 Å². The summed E-state index contributed by atoms with van der Waals surface area (Å²) in [6.45, 7) is 2.83. The highest BCUT2D eigenvalue weighted by atomic mass is 79.9. The van der Waals surface area contributed by atoms with Gasteiger partial charge in [0.15, 0.2) is 5.82 Å². The molecule has 0 saturated carbocycles. The number of hydrogen-bond donors (Lipinski definition) is 0. The topological polar surface area (TPSA) is 73.8 Å². The molecule has 0 saturated heterocycles. The molecule has 1 aromatic carbocycles. The van der Waals surface area contributed by atoms with Gasteiger partial charge in [-0.2, -0.15) is 0 Å². The van der Waals surface area contributed by atoms with Crippen molar-refractivity contribution < 1.29 is 4.92 Å². The second-order valence-corrected chi connectivity index (χ2v) is 5.66. The molecule has 1 aromatic heterocycles. The zero-order chi connectivity index (χ0) is 14.7. The fourth-order valence-electron chi connectivity index (χ4n) is 1.91. The normalized spacial score (nSPS) is 10.8. The van der Waals surface area contributed by atoms with Crippen molar-refractivity contribution in [2.75, 3.05) is 0 Å². The zero-order valence-electron chi connectivity index (χ0n) is 10.7. The Kier molecular flexibility index (Phi) is 4.87. The second kappa shape index (κ2) is 6.45. The van der Waals surface area contributed by atoms with E-state index < -0.39 is 4.92 Å². The predicted octanol–water partition coefficient (Wildman–Crippen LogP) is 3.92. The van der Waals surface area contributed by atoms with Crippen LogP contribution < -0.4 is 0 Å². The molecule has 1 heterocycles. The molecule has 0 amide bonds. The van der Waals surface area contributed by atoms with Gasteiger partial charge in [0, 0.05) is 28.7 Å². The highest BCUT2D eigenvalue weighted by molar-refractivity contribution is 9.10. The van der Waals surface area contributed by atoms with E-state index in [9.17, 15) is 10.1 Å². The quantitative estimate of drug-likeness (QED) is 0.430. The van der Waals surface area contributed by atoms with Gasteiger partial charge >= 0.3 is 0 Å². The lowest BCUT2D eigenvalue weighted by Crippen LogP contribution is -2.04. The molecule has 8 heteroatoms. The number of alkyl halides is 1. The molecule has 0 aliphatic carbocycles. The smallest absolute Gasteiger partial charge is 0.271 e. The molecule has 0 atom stereocenters. The van der Waals surface area contributed by atoms with Crippen molar-refractivity contribution in [1.82, 2.24) is 14.8 Å². The maximum Gasteiger partial charge on any atom is 0.271 e. The predicted molar refractivity (Wildman–Crippen MR) is 82.7 cm³/mol. The lowest BCUT2D eigenvalue weighted by molar-refractivity contribution is -0.384. The molecule has 0 radical (unpaired) electrons. The third-order valence-electron chi connectivity index (χ3n) is 2.75. The Morgan fingerprint density at radius 1 is 1.35 bits per heavy atom. The summed E-state index contributed by atoms with van der Waals surface area (Å²) in [5.41, 5.74) is 0.708. The number of nitrogens with zero attached hydrogens (tertiary/aromatic N) is 4. The first-order chi connectivity index (χ1) is 9.56. The van der Waals surface area contributed by atoms with Crippen LogP contribution >= 0.6 is 31.9 Å². The van der Waals surface area contributed by atoms with Crippen molar-refractivity contribution >= 4 is 37.5 Å². The van der Waals surface area contributed by atoms with E-state index in [0.29, 0.717) is 21.2 Å². The molecule has 6 nitrogen and oxygen atoms in total. The number of hydrogen-bond acceptors (Lipinski definition) is 4. The molecule has 0 aliphatic rings. The van der Waals surface area contributed by atoms with Gasteiger partial charge in [-0.05, 0) is 12.5 Å². The molecule has 106 valence electrons.